The van der Waals surface area contributed by atoms with Gasteiger partial charge in [-0.2, -0.15) is 0 Å². The SMILES string of the molecule is C1CCC(C2CCCC2)C1.CC[SiH2]O[SiH2]CC. The van der Waals surface area contributed by atoms with Crippen LogP contribution in [-0.2, 0) is 4.12 Å². The lowest BCUT2D eigenvalue weighted by molar-refractivity contribution is 0.347. The second-order valence-corrected chi connectivity index (χ2v) is 10.2. The first-order chi connectivity index (χ1) is 8.38. The Balaban J connectivity index is 0.000000185. The average Bonchev–Trinajstić information content (AvgIpc) is 3.03. The predicted molar refractivity (Wildman–Crippen MR) is 83.1 cm³/mol. The maximum absolute atomic E-state index is 5.41. The largest absolute Gasteiger partial charge is 0.465 e. The fourth-order valence-electron chi connectivity index (χ4n) is 3.25. The summed E-state index contributed by atoms with van der Waals surface area (Å²) in [7, 11) is -0.0551. The highest BCUT2D eigenvalue weighted by Gasteiger charge is 2.26. The van der Waals surface area contributed by atoms with Crippen LogP contribution in [0.5, 0.6) is 0 Å². The molecule has 17 heavy (non-hydrogen) atoms. The molecule has 0 heterocycles. The Morgan fingerprint density at radius 3 is 1.41 bits per heavy atom. The lowest BCUT2D eigenvalue weighted by Crippen LogP contribution is -2.06. The van der Waals surface area contributed by atoms with Crippen LogP contribution in [0.15, 0.2) is 0 Å². The molecule has 102 valence electrons. The summed E-state index contributed by atoms with van der Waals surface area (Å²) in [6.45, 7) is 4.41. The van der Waals surface area contributed by atoms with Crippen LogP contribution in [0.25, 0.3) is 0 Å². The van der Waals surface area contributed by atoms with Crippen LogP contribution in [0.4, 0.5) is 0 Å². The molecule has 0 radical (unpaired) electrons. The Kier molecular flexibility index (Phi) is 9.39. The topological polar surface area (TPSA) is 9.23 Å². The normalized spacial score (nSPS) is 22.9. The smallest absolute Gasteiger partial charge is 0.145 e. The van der Waals surface area contributed by atoms with Crippen LogP contribution in [-0.4, -0.2) is 19.5 Å². The third kappa shape index (κ3) is 6.77. The molecule has 0 aromatic carbocycles. The molecule has 0 bridgehead atoms. The first-order valence-electron chi connectivity index (χ1n) is 7.96. The molecule has 0 saturated heterocycles. The van der Waals surface area contributed by atoms with Gasteiger partial charge in [0.2, 0.25) is 0 Å². The summed E-state index contributed by atoms with van der Waals surface area (Å²) in [5, 5.41) is 0. The summed E-state index contributed by atoms with van der Waals surface area (Å²) >= 11 is 0. The molecule has 2 aliphatic rings. The van der Waals surface area contributed by atoms with E-state index in [1.165, 1.54) is 37.8 Å². The van der Waals surface area contributed by atoms with Crippen LogP contribution in [0.1, 0.15) is 65.2 Å². The van der Waals surface area contributed by atoms with Crippen LogP contribution in [0.3, 0.4) is 0 Å². The highest BCUT2D eigenvalue weighted by atomic mass is 28.3. The fraction of sp³-hybridized carbons (Fsp3) is 1.00. The van der Waals surface area contributed by atoms with Crippen LogP contribution in [0, 0.1) is 11.8 Å². The Morgan fingerprint density at radius 2 is 1.12 bits per heavy atom. The van der Waals surface area contributed by atoms with Crippen molar-refractivity contribution < 1.29 is 4.12 Å². The van der Waals surface area contributed by atoms with Gasteiger partial charge in [0.1, 0.15) is 19.5 Å². The van der Waals surface area contributed by atoms with Crippen molar-refractivity contribution in [3.05, 3.63) is 0 Å². The second-order valence-electron chi connectivity index (χ2n) is 5.70. The van der Waals surface area contributed by atoms with Crippen molar-refractivity contribution in [3.63, 3.8) is 0 Å². The average molecular weight is 273 g/mol. The van der Waals surface area contributed by atoms with E-state index in [1.54, 1.807) is 25.7 Å². The summed E-state index contributed by atoms with van der Waals surface area (Å²) in [6, 6.07) is 2.62. The van der Waals surface area contributed by atoms with E-state index in [0.717, 1.165) is 11.8 Å². The molecule has 2 aliphatic carbocycles. The Bertz CT molecular complexity index is 146. The number of rotatable bonds is 5. The van der Waals surface area contributed by atoms with Crippen molar-refractivity contribution in [1.82, 2.24) is 0 Å². The molecular weight excluding hydrogens is 240 g/mol. The van der Waals surface area contributed by atoms with Gasteiger partial charge < -0.3 is 4.12 Å². The maximum Gasteiger partial charge on any atom is 0.145 e. The standard InChI is InChI=1S/C10H18.C4H14OSi2/c1-2-6-9(5-1)10-7-3-4-8-10;1-3-6-5-7-4-2/h9-10H,1-8H2;3-4,6-7H2,1-2H3. The van der Waals surface area contributed by atoms with Gasteiger partial charge in [-0.1, -0.05) is 65.2 Å². The predicted octanol–water partition coefficient (Wildman–Crippen LogP) is 3.41. The summed E-state index contributed by atoms with van der Waals surface area (Å²) in [6.07, 6.45) is 12.4. The van der Waals surface area contributed by atoms with E-state index in [0.29, 0.717) is 0 Å². The quantitative estimate of drug-likeness (QED) is 0.550. The minimum atomic E-state index is -0.0276. The zero-order chi connectivity index (χ0) is 12.3. The zero-order valence-corrected chi connectivity index (χ0v) is 14.9. The highest BCUT2D eigenvalue weighted by Crippen LogP contribution is 2.39. The molecule has 3 heteroatoms. The molecule has 0 atom stereocenters. The van der Waals surface area contributed by atoms with E-state index in [1.807, 2.05) is 0 Å². The van der Waals surface area contributed by atoms with Crippen molar-refractivity contribution in [2.75, 3.05) is 0 Å². The molecule has 0 spiro atoms. The number of hydrogen-bond acceptors (Lipinski definition) is 1. The van der Waals surface area contributed by atoms with Crippen LogP contribution in [0.2, 0.25) is 12.1 Å². The van der Waals surface area contributed by atoms with Crippen molar-refractivity contribution in [2.45, 2.75) is 77.3 Å². The monoisotopic (exact) mass is 272 g/mol. The first-order valence-corrected chi connectivity index (χ1v) is 11.1. The lowest BCUT2D eigenvalue weighted by atomic mass is 9.90. The van der Waals surface area contributed by atoms with Crippen molar-refractivity contribution in [2.24, 2.45) is 11.8 Å². The van der Waals surface area contributed by atoms with Crippen molar-refractivity contribution in [3.8, 4) is 0 Å². The molecule has 2 rings (SSSR count). The van der Waals surface area contributed by atoms with E-state index in [4.69, 9.17) is 4.12 Å². The van der Waals surface area contributed by atoms with Crippen LogP contribution < -0.4 is 0 Å². The van der Waals surface area contributed by atoms with Crippen molar-refractivity contribution >= 4 is 19.5 Å². The third-order valence-electron chi connectivity index (χ3n) is 4.16. The van der Waals surface area contributed by atoms with Gasteiger partial charge in [-0.25, -0.2) is 0 Å². The molecule has 0 aromatic rings. The molecule has 2 fully saturated rings. The summed E-state index contributed by atoms with van der Waals surface area (Å²) in [5.41, 5.74) is 0. The molecule has 2 saturated carbocycles. The second kappa shape index (κ2) is 10.3. The summed E-state index contributed by atoms with van der Waals surface area (Å²) in [4.78, 5) is 0. The van der Waals surface area contributed by atoms with E-state index in [2.05, 4.69) is 13.8 Å². The van der Waals surface area contributed by atoms with Crippen molar-refractivity contribution in [1.29, 1.82) is 0 Å². The summed E-state index contributed by atoms with van der Waals surface area (Å²) in [5.74, 6) is 2.31. The summed E-state index contributed by atoms with van der Waals surface area (Å²) < 4.78 is 5.41. The minimum Gasteiger partial charge on any atom is -0.465 e. The lowest BCUT2D eigenvalue weighted by Gasteiger charge is -2.16. The van der Waals surface area contributed by atoms with Gasteiger partial charge in [0, 0.05) is 0 Å². The maximum atomic E-state index is 5.41. The van der Waals surface area contributed by atoms with Gasteiger partial charge in [-0.05, 0) is 23.9 Å². The molecule has 0 amide bonds. The molecule has 0 unspecified atom stereocenters. The molecule has 1 nitrogen and oxygen atoms in total. The highest BCUT2D eigenvalue weighted by molar-refractivity contribution is 6.42. The van der Waals surface area contributed by atoms with Crippen LogP contribution >= 0.6 is 0 Å². The zero-order valence-electron chi connectivity index (χ0n) is 12.0. The molecule has 0 N–H and O–H groups in total. The van der Waals surface area contributed by atoms with Gasteiger partial charge in [0.25, 0.3) is 0 Å². The van der Waals surface area contributed by atoms with Gasteiger partial charge in [0.15, 0.2) is 0 Å². The van der Waals surface area contributed by atoms with E-state index < -0.39 is 0 Å². The Hall–Kier alpha value is 0.394. The fourth-order valence-corrected chi connectivity index (χ4v) is 6.37. The van der Waals surface area contributed by atoms with Gasteiger partial charge in [-0.3, -0.25) is 0 Å². The molecule has 0 aliphatic heterocycles. The molecule has 0 aromatic heterocycles. The Morgan fingerprint density at radius 1 is 0.765 bits per heavy atom. The minimum absolute atomic E-state index is 0.0276. The van der Waals surface area contributed by atoms with Gasteiger partial charge in [-0.15, -0.1) is 0 Å². The van der Waals surface area contributed by atoms with E-state index >= 15 is 0 Å². The first kappa shape index (κ1) is 15.5. The number of hydrogen-bond donors (Lipinski definition) is 0. The van der Waals surface area contributed by atoms with Gasteiger partial charge in [0.05, 0.1) is 0 Å². The third-order valence-corrected chi connectivity index (χ3v) is 7.29. The van der Waals surface area contributed by atoms with Gasteiger partial charge >= 0.3 is 0 Å². The Labute approximate surface area is 113 Å². The van der Waals surface area contributed by atoms with E-state index in [9.17, 15) is 0 Å². The molecular formula is C14H32OSi2. The van der Waals surface area contributed by atoms with E-state index in [-0.39, 0.29) is 19.5 Å².